The normalized spacial score (nSPS) is 12.4. The lowest BCUT2D eigenvalue weighted by Gasteiger charge is -2.24. The zero-order valence-corrected chi connectivity index (χ0v) is 12.6. The maximum absolute atomic E-state index is 11.8. The van der Waals surface area contributed by atoms with Crippen LogP contribution in [0.3, 0.4) is 0 Å². The number of ether oxygens (including phenoxy) is 1. The summed E-state index contributed by atoms with van der Waals surface area (Å²) >= 11 is 0. The van der Waals surface area contributed by atoms with Crippen molar-refractivity contribution in [3.8, 4) is 0 Å². The highest BCUT2D eigenvalue weighted by molar-refractivity contribution is 8.13. The van der Waals surface area contributed by atoms with Crippen molar-refractivity contribution in [2.24, 2.45) is 0 Å². The number of aromatic nitrogens is 1. The van der Waals surface area contributed by atoms with Gasteiger partial charge in [0.05, 0.1) is 5.60 Å². The van der Waals surface area contributed by atoms with E-state index in [1.165, 1.54) is 12.3 Å². The molecule has 6 nitrogen and oxygen atoms in total. The summed E-state index contributed by atoms with van der Waals surface area (Å²) in [6, 6.07) is 1.19. The molecule has 1 aromatic rings. The summed E-state index contributed by atoms with van der Waals surface area (Å²) in [4.78, 5) is 14.2. The van der Waals surface area contributed by atoms with E-state index in [1.54, 1.807) is 0 Å². The van der Waals surface area contributed by atoms with Gasteiger partial charge in [-0.3, -0.25) is 4.79 Å². The molecule has 0 saturated carbocycles. The third-order valence-electron chi connectivity index (χ3n) is 2.39. The Kier molecular flexibility index (Phi) is 5.00. The SMILES string of the molecule is CCOC(C)(C)CNC(=O)c1cc(S(=O)(=O)Cl)c[nH]1. The maximum Gasteiger partial charge on any atom is 0.267 e. The van der Waals surface area contributed by atoms with Crippen LogP contribution in [-0.4, -0.2) is 38.1 Å². The maximum atomic E-state index is 11.8. The number of carbonyl (C=O) groups is 1. The minimum atomic E-state index is -3.83. The van der Waals surface area contributed by atoms with E-state index in [0.717, 1.165) is 0 Å². The van der Waals surface area contributed by atoms with Crippen molar-refractivity contribution >= 4 is 25.6 Å². The molecule has 0 atom stereocenters. The summed E-state index contributed by atoms with van der Waals surface area (Å²) in [6.07, 6.45) is 1.17. The molecule has 1 rings (SSSR count). The van der Waals surface area contributed by atoms with Gasteiger partial charge in [-0.25, -0.2) is 8.42 Å². The molecule has 8 heteroatoms. The monoisotopic (exact) mass is 308 g/mol. The molecule has 0 aliphatic carbocycles. The van der Waals surface area contributed by atoms with E-state index >= 15 is 0 Å². The molecule has 0 aliphatic rings. The molecule has 0 spiro atoms. The van der Waals surface area contributed by atoms with Crippen molar-refractivity contribution in [2.45, 2.75) is 31.3 Å². The van der Waals surface area contributed by atoms with E-state index in [4.69, 9.17) is 15.4 Å². The average molecular weight is 309 g/mol. The Bertz CT molecular complexity index is 551. The third kappa shape index (κ3) is 4.85. The lowest BCUT2D eigenvalue weighted by atomic mass is 10.1. The quantitative estimate of drug-likeness (QED) is 0.779. The average Bonchev–Trinajstić information content (AvgIpc) is 2.74. The van der Waals surface area contributed by atoms with Gasteiger partial charge in [0.25, 0.3) is 15.0 Å². The summed E-state index contributed by atoms with van der Waals surface area (Å²) in [7, 11) is 1.34. The molecule has 0 radical (unpaired) electrons. The molecule has 19 heavy (non-hydrogen) atoms. The molecule has 108 valence electrons. The Labute approximate surface area is 116 Å². The van der Waals surface area contributed by atoms with Gasteiger partial charge in [-0.05, 0) is 26.8 Å². The van der Waals surface area contributed by atoms with Crippen molar-refractivity contribution < 1.29 is 17.9 Å². The summed E-state index contributed by atoms with van der Waals surface area (Å²) in [5.41, 5.74) is -0.357. The van der Waals surface area contributed by atoms with Crippen LogP contribution in [0.2, 0.25) is 0 Å². The van der Waals surface area contributed by atoms with Crippen LogP contribution in [0.25, 0.3) is 0 Å². The second-order valence-electron chi connectivity index (χ2n) is 4.56. The van der Waals surface area contributed by atoms with Crippen LogP contribution < -0.4 is 5.32 Å². The fourth-order valence-electron chi connectivity index (χ4n) is 1.48. The molecule has 2 N–H and O–H groups in total. The van der Waals surface area contributed by atoms with E-state index in [9.17, 15) is 13.2 Å². The summed E-state index contributed by atoms with van der Waals surface area (Å²) in [6.45, 7) is 6.41. The Balaban J connectivity index is 2.67. The smallest absolute Gasteiger partial charge is 0.267 e. The minimum absolute atomic E-state index is 0.131. The molecule has 0 aromatic carbocycles. The number of halogens is 1. The largest absolute Gasteiger partial charge is 0.374 e. The standard InChI is InChI=1S/C11H17ClN2O4S/c1-4-18-11(2,3)7-14-10(15)9-5-8(6-13-9)19(12,16)17/h5-6,13H,4,7H2,1-3H3,(H,14,15). The Morgan fingerprint density at radius 3 is 2.63 bits per heavy atom. The van der Waals surface area contributed by atoms with E-state index in [1.807, 2.05) is 20.8 Å². The van der Waals surface area contributed by atoms with Crippen LogP contribution in [0.4, 0.5) is 0 Å². The van der Waals surface area contributed by atoms with Crippen molar-refractivity contribution in [3.63, 3.8) is 0 Å². The van der Waals surface area contributed by atoms with Crippen LogP contribution in [0, 0.1) is 0 Å². The van der Waals surface area contributed by atoms with Crippen molar-refractivity contribution in [2.75, 3.05) is 13.2 Å². The van der Waals surface area contributed by atoms with Gasteiger partial charge in [-0.15, -0.1) is 0 Å². The Morgan fingerprint density at radius 2 is 2.16 bits per heavy atom. The number of amides is 1. The molecule has 1 amide bonds. The van der Waals surface area contributed by atoms with Crippen LogP contribution in [0.5, 0.6) is 0 Å². The van der Waals surface area contributed by atoms with Gasteiger partial charge in [-0.1, -0.05) is 0 Å². The van der Waals surface area contributed by atoms with Crippen molar-refractivity contribution in [1.82, 2.24) is 10.3 Å². The van der Waals surface area contributed by atoms with Crippen molar-refractivity contribution in [1.29, 1.82) is 0 Å². The first-order chi connectivity index (χ1) is 8.65. The van der Waals surface area contributed by atoms with E-state index in [-0.39, 0.29) is 10.6 Å². The van der Waals surface area contributed by atoms with Gasteiger partial charge in [0.2, 0.25) is 0 Å². The van der Waals surface area contributed by atoms with Gasteiger partial charge in [0.1, 0.15) is 10.6 Å². The van der Waals surface area contributed by atoms with Crippen LogP contribution >= 0.6 is 10.7 Å². The fraction of sp³-hybridized carbons (Fsp3) is 0.545. The van der Waals surface area contributed by atoms with Gasteiger partial charge >= 0.3 is 0 Å². The number of carbonyl (C=O) groups excluding carboxylic acids is 1. The lowest BCUT2D eigenvalue weighted by Crippen LogP contribution is -2.40. The van der Waals surface area contributed by atoms with Gasteiger partial charge in [-0.2, -0.15) is 0 Å². The Morgan fingerprint density at radius 1 is 1.53 bits per heavy atom. The fourth-order valence-corrected chi connectivity index (χ4v) is 2.20. The van der Waals surface area contributed by atoms with E-state index in [2.05, 4.69) is 10.3 Å². The number of aromatic amines is 1. The number of hydrogen-bond donors (Lipinski definition) is 2. The number of hydrogen-bond acceptors (Lipinski definition) is 4. The zero-order valence-electron chi connectivity index (χ0n) is 11.0. The molecule has 0 bridgehead atoms. The molecule has 0 fully saturated rings. The van der Waals surface area contributed by atoms with E-state index < -0.39 is 20.6 Å². The molecule has 0 saturated heterocycles. The van der Waals surface area contributed by atoms with Crippen LogP contribution in [0.15, 0.2) is 17.2 Å². The molecule has 1 aromatic heterocycles. The second kappa shape index (κ2) is 5.94. The highest BCUT2D eigenvalue weighted by atomic mass is 35.7. The summed E-state index contributed by atoms with van der Waals surface area (Å²) in [5, 5.41) is 2.66. The topological polar surface area (TPSA) is 88.3 Å². The van der Waals surface area contributed by atoms with Gasteiger partial charge in [0, 0.05) is 30.0 Å². The first-order valence-corrected chi connectivity index (χ1v) is 8.02. The van der Waals surface area contributed by atoms with Crippen LogP contribution in [-0.2, 0) is 13.8 Å². The lowest BCUT2D eigenvalue weighted by molar-refractivity contribution is -0.00818. The molecule has 0 unspecified atom stereocenters. The van der Waals surface area contributed by atoms with Gasteiger partial charge in [0.15, 0.2) is 0 Å². The third-order valence-corrected chi connectivity index (χ3v) is 3.73. The highest BCUT2D eigenvalue weighted by Gasteiger charge is 2.20. The second-order valence-corrected chi connectivity index (χ2v) is 7.13. The van der Waals surface area contributed by atoms with Gasteiger partial charge < -0.3 is 15.0 Å². The molecule has 1 heterocycles. The van der Waals surface area contributed by atoms with Crippen molar-refractivity contribution in [3.05, 3.63) is 18.0 Å². The summed E-state index contributed by atoms with van der Waals surface area (Å²) in [5.74, 6) is -0.417. The van der Waals surface area contributed by atoms with Crippen LogP contribution in [0.1, 0.15) is 31.3 Å². The highest BCUT2D eigenvalue weighted by Crippen LogP contribution is 2.15. The molecular formula is C11H17ClN2O4S. The number of rotatable bonds is 6. The predicted molar refractivity (Wildman–Crippen MR) is 71.9 cm³/mol. The van der Waals surface area contributed by atoms with E-state index in [0.29, 0.717) is 13.2 Å². The molecular weight excluding hydrogens is 292 g/mol. The number of H-pyrrole nitrogens is 1. The summed E-state index contributed by atoms with van der Waals surface area (Å²) < 4.78 is 27.6. The molecule has 0 aliphatic heterocycles. The minimum Gasteiger partial charge on any atom is -0.374 e. The zero-order chi connectivity index (χ0) is 14.7. The Hall–Kier alpha value is -1.05. The first kappa shape index (κ1) is 16.0. The predicted octanol–water partition coefficient (Wildman–Crippen LogP) is 1.49. The number of nitrogens with one attached hydrogen (secondary N) is 2. The first-order valence-electron chi connectivity index (χ1n) is 5.71.